The number of hydrogen-bond donors (Lipinski definition) is 1. The van der Waals surface area contributed by atoms with E-state index in [1.165, 1.54) is 0 Å². The molecule has 1 aromatic heterocycles. The number of nitrogens with one attached hydrogen (secondary N) is 1. The molecular formula is C14H22ClN3O. The van der Waals surface area contributed by atoms with Crippen molar-refractivity contribution in [1.82, 2.24) is 10.3 Å². The molecule has 2 atom stereocenters. The molecule has 2 rings (SSSR count). The number of rotatable bonds is 4. The van der Waals surface area contributed by atoms with Crippen molar-refractivity contribution in [2.45, 2.75) is 39.5 Å². The summed E-state index contributed by atoms with van der Waals surface area (Å²) in [5, 5.41) is 3.99. The van der Waals surface area contributed by atoms with Crippen LogP contribution in [0.25, 0.3) is 0 Å². The van der Waals surface area contributed by atoms with Crippen molar-refractivity contribution in [2.75, 3.05) is 24.6 Å². The van der Waals surface area contributed by atoms with Crippen molar-refractivity contribution in [3.63, 3.8) is 0 Å². The Morgan fingerprint density at radius 2 is 2.26 bits per heavy atom. The fraction of sp³-hybridized carbons (Fsp3) is 0.643. The molecule has 1 fully saturated rings. The Bertz CT molecular complexity index is 427. The maximum Gasteiger partial charge on any atom is 0.129 e. The van der Waals surface area contributed by atoms with Gasteiger partial charge in [0.15, 0.2) is 0 Å². The van der Waals surface area contributed by atoms with Gasteiger partial charge in [0.05, 0.1) is 29.5 Å². The van der Waals surface area contributed by atoms with Gasteiger partial charge in [-0.2, -0.15) is 0 Å². The minimum Gasteiger partial charge on any atom is -0.375 e. The summed E-state index contributed by atoms with van der Waals surface area (Å²) in [4.78, 5) is 6.99. The third-order valence-corrected chi connectivity index (χ3v) is 3.69. The number of nitrogens with zero attached hydrogens (tertiary/aromatic N) is 2. The highest BCUT2D eigenvalue weighted by Gasteiger charge is 2.24. The van der Waals surface area contributed by atoms with E-state index in [4.69, 9.17) is 21.3 Å². The summed E-state index contributed by atoms with van der Waals surface area (Å²) in [5.74, 6) is 0.986. The molecule has 0 aliphatic carbocycles. The molecule has 106 valence electrons. The third kappa shape index (κ3) is 3.59. The number of anilines is 1. The monoisotopic (exact) mass is 283 g/mol. The molecule has 0 radical (unpaired) electrons. The van der Waals surface area contributed by atoms with E-state index in [2.05, 4.69) is 31.0 Å². The van der Waals surface area contributed by atoms with Crippen molar-refractivity contribution < 1.29 is 4.74 Å². The maximum absolute atomic E-state index is 6.19. The normalized spacial score (nSPS) is 23.7. The largest absolute Gasteiger partial charge is 0.375 e. The molecular weight excluding hydrogens is 262 g/mol. The van der Waals surface area contributed by atoms with E-state index >= 15 is 0 Å². The van der Waals surface area contributed by atoms with Crippen LogP contribution in [0.3, 0.4) is 0 Å². The first-order chi connectivity index (χ1) is 9.11. The fourth-order valence-electron chi connectivity index (χ4n) is 2.22. The highest BCUT2D eigenvalue weighted by Crippen LogP contribution is 2.23. The Kier molecular flexibility index (Phi) is 5.02. The standard InChI is InChI=1S/C14H22ClN3O/c1-4-16-7-13-12(15)5-6-14(17-13)18-8-11(3)19-9-10(18)2/h5-6,10-11,16H,4,7-9H2,1-3H3. The molecule has 5 heteroatoms. The van der Waals surface area contributed by atoms with Gasteiger partial charge in [0, 0.05) is 13.1 Å². The van der Waals surface area contributed by atoms with E-state index in [0.717, 1.165) is 36.2 Å². The van der Waals surface area contributed by atoms with Crippen molar-refractivity contribution in [2.24, 2.45) is 0 Å². The number of hydrogen-bond acceptors (Lipinski definition) is 4. The van der Waals surface area contributed by atoms with Crippen molar-refractivity contribution in [1.29, 1.82) is 0 Å². The second-order valence-electron chi connectivity index (χ2n) is 5.02. The lowest BCUT2D eigenvalue weighted by Crippen LogP contribution is -2.47. The molecule has 0 bridgehead atoms. The van der Waals surface area contributed by atoms with Gasteiger partial charge < -0.3 is 15.0 Å². The smallest absolute Gasteiger partial charge is 0.129 e. The molecule has 0 amide bonds. The summed E-state index contributed by atoms with van der Waals surface area (Å²) in [5.41, 5.74) is 0.910. The van der Waals surface area contributed by atoms with Crippen LogP contribution in [-0.2, 0) is 11.3 Å². The van der Waals surface area contributed by atoms with Gasteiger partial charge in [-0.1, -0.05) is 18.5 Å². The highest BCUT2D eigenvalue weighted by molar-refractivity contribution is 6.31. The van der Waals surface area contributed by atoms with E-state index in [1.807, 2.05) is 12.1 Å². The Morgan fingerprint density at radius 3 is 3.00 bits per heavy atom. The van der Waals surface area contributed by atoms with Gasteiger partial charge in [-0.25, -0.2) is 4.98 Å². The molecule has 0 spiro atoms. The topological polar surface area (TPSA) is 37.4 Å². The molecule has 0 aromatic carbocycles. The first-order valence-corrected chi connectivity index (χ1v) is 7.24. The summed E-state index contributed by atoms with van der Waals surface area (Å²) in [6, 6.07) is 4.27. The average molecular weight is 284 g/mol. The molecule has 4 nitrogen and oxygen atoms in total. The lowest BCUT2D eigenvalue weighted by atomic mass is 10.2. The third-order valence-electron chi connectivity index (χ3n) is 3.35. The number of ether oxygens (including phenoxy) is 1. The average Bonchev–Trinajstić information content (AvgIpc) is 2.41. The van der Waals surface area contributed by atoms with E-state index in [1.54, 1.807) is 0 Å². The van der Waals surface area contributed by atoms with Crippen molar-refractivity contribution >= 4 is 17.4 Å². The van der Waals surface area contributed by atoms with Crippen LogP contribution in [-0.4, -0.2) is 36.8 Å². The number of morpholine rings is 1. The Morgan fingerprint density at radius 1 is 1.47 bits per heavy atom. The summed E-state index contributed by atoms with van der Waals surface area (Å²) in [6.07, 6.45) is 0.242. The van der Waals surface area contributed by atoms with Crippen LogP contribution >= 0.6 is 11.6 Å². The molecule has 1 aliphatic rings. The van der Waals surface area contributed by atoms with E-state index in [0.29, 0.717) is 12.6 Å². The van der Waals surface area contributed by atoms with Gasteiger partial charge in [-0.15, -0.1) is 0 Å². The molecule has 1 aromatic rings. The lowest BCUT2D eigenvalue weighted by Gasteiger charge is -2.37. The van der Waals surface area contributed by atoms with Gasteiger partial charge in [0.25, 0.3) is 0 Å². The predicted molar refractivity (Wildman–Crippen MR) is 78.8 cm³/mol. The number of halogens is 1. The summed E-state index contributed by atoms with van der Waals surface area (Å²) < 4.78 is 5.65. The molecule has 19 heavy (non-hydrogen) atoms. The van der Waals surface area contributed by atoms with Crippen LogP contribution in [0.4, 0.5) is 5.82 Å². The van der Waals surface area contributed by atoms with Crippen LogP contribution in [0.15, 0.2) is 12.1 Å². The minimum atomic E-state index is 0.242. The van der Waals surface area contributed by atoms with Crippen LogP contribution in [0.1, 0.15) is 26.5 Å². The second-order valence-corrected chi connectivity index (χ2v) is 5.43. The first-order valence-electron chi connectivity index (χ1n) is 6.86. The quantitative estimate of drug-likeness (QED) is 0.921. The molecule has 2 heterocycles. The second kappa shape index (κ2) is 6.55. The van der Waals surface area contributed by atoms with E-state index in [9.17, 15) is 0 Å². The van der Waals surface area contributed by atoms with Crippen LogP contribution in [0.2, 0.25) is 5.02 Å². The molecule has 1 aliphatic heterocycles. The zero-order valence-corrected chi connectivity index (χ0v) is 12.6. The molecule has 2 unspecified atom stereocenters. The zero-order valence-electron chi connectivity index (χ0n) is 11.8. The Labute approximate surface area is 120 Å². The summed E-state index contributed by atoms with van der Waals surface area (Å²) in [6.45, 7) is 9.55. The SMILES string of the molecule is CCNCc1nc(N2CC(C)OCC2C)ccc1Cl. The van der Waals surface area contributed by atoms with Crippen LogP contribution in [0, 0.1) is 0 Å². The van der Waals surface area contributed by atoms with Crippen LogP contribution < -0.4 is 10.2 Å². The molecule has 1 N–H and O–H groups in total. The van der Waals surface area contributed by atoms with Gasteiger partial charge in [0.1, 0.15) is 5.82 Å². The van der Waals surface area contributed by atoms with Crippen molar-refractivity contribution in [3.05, 3.63) is 22.8 Å². The predicted octanol–water partition coefficient (Wildman–Crippen LogP) is 2.46. The van der Waals surface area contributed by atoms with Crippen molar-refractivity contribution in [3.8, 4) is 0 Å². The zero-order chi connectivity index (χ0) is 13.8. The lowest BCUT2D eigenvalue weighted by molar-refractivity contribution is 0.0340. The van der Waals surface area contributed by atoms with Gasteiger partial charge in [-0.05, 0) is 32.5 Å². The van der Waals surface area contributed by atoms with Gasteiger partial charge >= 0.3 is 0 Å². The van der Waals surface area contributed by atoms with Gasteiger partial charge in [-0.3, -0.25) is 0 Å². The van der Waals surface area contributed by atoms with E-state index < -0.39 is 0 Å². The fourth-order valence-corrected chi connectivity index (χ4v) is 2.39. The molecule has 1 saturated heterocycles. The Balaban J connectivity index is 2.19. The van der Waals surface area contributed by atoms with Gasteiger partial charge in [0.2, 0.25) is 0 Å². The minimum absolute atomic E-state index is 0.242. The van der Waals surface area contributed by atoms with E-state index in [-0.39, 0.29) is 6.10 Å². The van der Waals surface area contributed by atoms with Crippen LogP contribution in [0.5, 0.6) is 0 Å². The number of aromatic nitrogens is 1. The maximum atomic E-state index is 6.19. The summed E-state index contributed by atoms with van der Waals surface area (Å²) >= 11 is 6.19. The highest BCUT2D eigenvalue weighted by atomic mass is 35.5. The molecule has 0 saturated carbocycles. The first kappa shape index (κ1) is 14.6. The Hall–Kier alpha value is -0.840. The number of pyridine rings is 1. The summed E-state index contributed by atoms with van der Waals surface area (Å²) in [7, 11) is 0.